The highest BCUT2D eigenvalue weighted by molar-refractivity contribution is 6.69. The van der Waals surface area contributed by atoms with Crippen molar-refractivity contribution in [3.63, 3.8) is 0 Å². The molecule has 1 amide bonds. The highest BCUT2D eigenvalue weighted by Gasteiger charge is 2.25. The lowest BCUT2D eigenvalue weighted by Gasteiger charge is -2.20. The Morgan fingerprint density at radius 3 is 2.29 bits per heavy atom. The van der Waals surface area contributed by atoms with Crippen LogP contribution in [0.25, 0.3) is 0 Å². The van der Waals surface area contributed by atoms with Crippen LogP contribution in [-0.2, 0) is 0 Å². The van der Waals surface area contributed by atoms with E-state index >= 15 is 0 Å². The van der Waals surface area contributed by atoms with Crippen LogP contribution < -0.4 is 10.6 Å². The molecule has 6 N–H and O–H groups in total. The average molecular weight is 293 g/mol. The Morgan fingerprint density at radius 1 is 1.33 bits per heavy atom. The number of nitrogens with one attached hydrogen (secondary N) is 2. The summed E-state index contributed by atoms with van der Waals surface area (Å²) < 4.78 is 0. The summed E-state index contributed by atoms with van der Waals surface area (Å²) in [4.78, 5) is 11.8. The maximum atomic E-state index is 11.2. The first-order valence-corrected chi connectivity index (χ1v) is 6.13. The number of carboxylic acid groups (broad SMARTS) is 1. The van der Waals surface area contributed by atoms with Crippen molar-refractivity contribution in [2.45, 2.75) is 20.8 Å². The third-order valence-electron chi connectivity index (χ3n) is 2.25. The van der Waals surface area contributed by atoms with E-state index in [1.165, 1.54) is 12.1 Å². The Bertz CT molecular complexity index is 569. The molecule has 0 radical (unpaired) electrons. The van der Waals surface area contributed by atoms with Gasteiger partial charge in [-0.25, -0.2) is 9.69 Å². The third-order valence-corrected chi connectivity index (χ3v) is 2.25. The lowest BCUT2D eigenvalue weighted by Crippen LogP contribution is -2.44. The summed E-state index contributed by atoms with van der Waals surface area (Å²) >= 11 is 0. The van der Waals surface area contributed by atoms with E-state index in [2.05, 4.69) is 5.16 Å². The molecule has 8 nitrogen and oxygen atoms in total. The highest BCUT2D eigenvalue weighted by atomic mass is 16.4. The van der Waals surface area contributed by atoms with Gasteiger partial charge in [0, 0.05) is 0 Å². The second-order valence-electron chi connectivity index (χ2n) is 3.67. The quantitative estimate of drug-likeness (QED) is 0.251. The van der Waals surface area contributed by atoms with Crippen molar-refractivity contribution in [3.8, 4) is 0 Å². The highest BCUT2D eigenvalue weighted by Crippen LogP contribution is 2.17. The van der Waals surface area contributed by atoms with E-state index in [9.17, 15) is 4.79 Å². The summed E-state index contributed by atoms with van der Waals surface area (Å²) in [6, 6.07) is 6.40. The smallest absolute Gasteiger partial charge is 0.417 e. The van der Waals surface area contributed by atoms with Crippen LogP contribution in [0, 0.1) is 17.7 Å². The minimum atomic E-state index is -1.45. The molecular weight excluding hydrogens is 274 g/mol. The second kappa shape index (κ2) is 8.31. The first kappa shape index (κ1) is 18.1. The Kier molecular flexibility index (Phi) is 7.16. The molecule has 0 heterocycles. The maximum Gasteiger partial charge on any atom is 0.417 e. The fourth-order valence-electron chi connectivity index (χ4n) is 1.44. The summed E-state index contributed by atoms with van der Waals surface area (Å²) in [6.07, 6.45) is -1.45. The molecule has 21 heavy (non-hydrogen) atoms. The van der Waals surface area contributed by atoms with E-state index in [4.69, 9.17) is 26.9 Å². The molecule has 0 unspecified atom stereocenters. The monoisotopic (exact) mass is 293 g/mol. The summed E-state index contributed by atoms with van der Waals surface area (Å²) in [5, 5.41) is 35.4. The zero-order chi connectivity index (χ0) is 16.6. The number of amidine groups is 2. The van der Waals surface area contributed by atoms with Gasteiger partial charge in [-0.3, -0.25) is 10.8 Å². The number of carbonyl (C=O) groups is 1. The van der Waals surface area contributed by atoms with Crippen molar-refractivity contribution in [2.24, 2.45) is 10.9 Å². The van der Waals surface area contributed by atoms with Gasteiger partial charge in [0.05, 0.1) is 5.69 Å². The first-order chi connectivity index (χ1) is 9.88. The molecule has 0 aliphatic carbocycles. The normalized spacial score (nSPS) is 10.1. The molecule has 0 aliphatic rings. The zero-order valence-corrected chi connectivity index (χ0v) is 12.1. The van der Waals surface area contributed by atoms with Gasteiger partial charge in [0.2, 0.25) is 0 Å². The number of oxime groups is 1. The molecular formula is C13H19N5O3. The molecule has 0 aromatic heterocycles. The number of hydrogen-bond donors (Lipinski definition) is 5. The number of aryl methyl sites for hydroxylation is 1. The molecule has 8 heteroatoms. The van der Waals surface area contributed by atoms with Crippen LogP contribution in [0.4, 0.5) is 10.5 Å². The second-order valence-corrected chi connectivity index (χ2v) is 3.67. The molecule has 114 valence electrons. The third kappa shape index (κ3) is 4.60. The van der Waals surface area contributed by atoms with Gasteiger partial charge < -0.3 is 16.0 Å². The maximum absolute atomic E-state index is 11.2. The van der Waals surface area contributed by atoms with E-state index < -0.39 is 23.5 Å². The molecule has 0 aliphatic heterocycles. The van der Waals surface area contributed by atoms with Crippen LogP contribution >= 0.6 is 0 Å². The summed E-state index contributed by atoms with van der Waals surface area (Å²) in [7, 11) is 0. The van der Waals surface area contributed by atoms with Crippen LogP contribution in [0.1, 0.15) is 19.4 Å². The number of hydrogen-bond acceptors (Lipinski definition) is 5. The molecule has 0 spiro atoms. The minimum absolute atomic E-state index is 0.194. The number of benzene rings is 1. The average Bonchev–Trinajstić information content (AvgIpc) is 2.41. The van der Waals surface area contributed by atoms with Crippen LogP contribution in [0.2, 0.25) is 0 Å². The van der Waals surface area contributed by atoms with Gasteiger partial charge >= 0.3 is 6.09 Å². The molecule has 1 aromatic carbocycles. The van der Waals surface area contributed by atoms with Crippen molar-refractivity contribution in [3.05, 3.63) is 29.8 Å². The van der Waals surface area contributed by atoms with Crippen LogP contribution in [0.5, 0.6) is 0 Å². The standard InChI is InChI=1S/C11H13N5O3.C2H6/c1-6-3-2-4-7(5-6)16(11(17)18)10(14)8(15-19)9(12)13;1-2/h2-5,14,19H,1H3,(H3,12,13)(H,17,18);1-2H3/b14-10?,15-8+;. The minimum Gasteiger partial charge on any atom is -0.464 e. The van der Waals surface area contributed by atoms with Gasteiger partial charge in [0.25, 0.3) is 0 Å². The molecule has 0 bridgehead atoms. The Balaban J connectivity index is 0.00000191. The van der Waals surface area contributed by atoms with Gasteiger partial charge in [0.15, 0.2) is 11.5 Å². The molecule has 1 rings (SSSR count). The number of amides is 1. The van der Waals surface area contributed by atoms with Crippen LogP contribution in [0.3, 0.4) is 0 Å². The Labute approximate surface area is 122 Å². The van der Waals surface area contributed by atoms with Gasteiger partial charge in [0.1, 0.15) is 5.84 Å². The SMILES string of the molecule is CC.Cc1cccc(N(C(=N)/C(=N/O)C(=N)N)C(=O)O)c1. The first-order valence-electron chi connectivity index (χ1n) is 6.13. The topological polar surface area (TPSA) is 147 Å². The van der Waals surface area contributed by atoms with Crippen molar-refractivity contribution < 1.29 is 15.1 Å². The zero-order valence-electron chi connectivity index (χ0n) is 12.1. The van der Waals surface area contributed by atoms with Gasteiger partial charge in [-0.05, 0) is 24.6 Å². The summed E-state index contributed by atoms with van der Waals surface area (Å²) in [5.74, 6) is -1.40. The van der Waals surface area contributed by atoms with Gasteiger partial charge in [-0.2, -0.15) is 0 Å². The van der Waals surface area contributed by atoms with E-state index in [1.807, 2.05) is 13.8 Å². The summed E-state index contributed by atoms with van der Waals surface area (Å²) in [6.45, 7) is 5.76. The summed E-state index contributed by atoms with van der Waals surface area (Å²) in [5.41, 5.74) is 5.49. The largest absolute Gasteiger partial charge is 0.464 e. The van der Waals surface area contributed by atoms with E-state index in [1.54, 1.807) is 19.1 Å². The lowest BCUT2D eigenvalue weighted by molar-refractivity contribution is 0.205. The van der Waals surface area contributed by atoms with Crippen LogP contribution in [-0.4, -0.2) is 33.8 Å². The molecule has 0 fully saturated rings. The number of anilines is 1. The Hall–Kier alpha value is -2.90. The van der Waals surface area contributed by atoms with E-state index in [-0.39, 0.29) is 5.69 Å². The predicted molar refractivity (Wildman–Crippen MR) is 81.9 cm³/mol. The number of nitrogens with two attached hydrogens (primary N) is 1. The van der Waals surface area contributed by atoms with Crippen molar-refractivity contribution in [1.29, 1.82) is 10.8 Å². The molecule has 1 aromatic rings. The molecule has 0 saturated heterocycles. The van der Waals surface area contributed by atoms with Crippen molar-refractivity contribution in [2.75, 3.05) is 4.90 Å². The van der Waals surface area contributed by atoms with E-state index in [0.29, 0.717) is 4.90 Å². The Morgan fingerprint density at radius 2 is 1.90 bits per heavy atom. The fourth-order valence-corrected chi connectivity index (χ4v) is 1.44. The van der Waals surface area contributed by atoms with Gasteiger partial charge in [-0.15, -0.1) is 0 Å². The number of rotatable bonds is 3. The molecule has 0 saturated carbocycles. The van der Waals surface area contributed by atoms with E-state index in [0.717, 1.165) is 5.56 Å². The predicted octanol–water partition coefficient (Wildman–Crippen LogP) is 2.25. The van der Waals surface area contributed by atoms with Crippen molar-refractivity contribution >= 4 is 29.2 Å². The lowest BCUT2D eigenvalue weighted by atomic mass is 10.2. The van der Waals surface area contributed by atoms with Gasteiger partial charge in [-0.1, -0.05) is 31.1 Å². The van der Waals surface area contributed by atoms with Crippen LogP contribution in [0.15, 0.2) is 29.4 Å². The van der Waals surface area contributed by atoms with Crippen molar-refractivity contribution in [1.82, 2.24) is 0 Å². The molecule has 0 atom stereocenters. The number of nitrogens with zero attached hydrogens (tertiary/aromatic N) is 2. The fraction of sp³-hybridized carbons (Fsp3) is 0.231.